The summed E-state index contributed by atoms with van der Waals surface area (Å²) in [4.78, 5) is 24.4. The molecule has 1 heterocycles. The minimum absolute atomic E-state index is 0.0970. The Kier molecular flexibility index (Phi) is 5.50. The summed E-state index contributed by atoms with van der Waals surface area (Å²) >= 11 is 0. The van der Waals surface area contributed by atoms with Crippen LogP contribution in [0.2, 0.25) is 0 Å². The van der Waals surface area contributed by atoms with E-state index in [9.17, 15) is 14.7 Å². The van der Waals surface area contributed by atoms with E-state index in [0.29, 0.717) is 28.0 Å². The van der Waals surface area contributed by atoms with Crippen LogP contribution in [0.3, 0.4) is 0 Å². The van der Waals surface area contributed by atoms with Gasteiger partial charge in [-0.2, -0.15) is 0 Å². The number of ether oxygens (including phenoxy) is 3. The van der Waals surface area contributed by atoms with E-state index in [0.717, 1.165) is 11.1 Å². The monoisotopic (exact) mass is 397 g/mol. The van der Waals surface area contributed by atoms with Crippen LogP contribution in [0.5, 0.6) is 17.2 Å². The fourth-order valence-electron chi connectivity index (χ4n) is 2.93. The highest BCUT2D eigenvalue weighted by Crippen LogP contribution is 2.37. The summed E-state index contributed by atoms with van der Waals surface area (Å²) in [6.45, 7) is 5.08. The van der Waals surface area contributed by atoms with Gasteiger partial charge < -0.3 is 28.5 Å². The minimum Gasteiger partial charge on any atom is -0.546 e. The third kappa shape index (κ3) is 3.76. The van der Waals surface area contributed by atoms with Crippen molar-refractivity contribution in [1.29, 1.82) is 0 Å². The molecule has 2 aromatic carbocycles. The van der Waals surface area contributed by atoms with Gasteiger partial charge in [0.15, 0.2) is 17.3 Å². The van der Waals surface area contributed by atoms with Gasteiger partial charge in [-0.1, -0.05) is 0 Å². The second-order valence-corrected chi connectivity index (χ2v) is 6.67. The SMILES string of the molecule is COc1ccc(-c2oc3cc(C)c(C)cc3c(=O)c2O[C@H](C)C(=O)[O-])cc1OC. The van der Waals surface area contributed by atoms with E-state index >= 15 is 0 Å². The van der Waals surface area contributed by atoms with Gasteiger partial charge in [0.25, 0.3) is 0 Å². The normalized spacial score (nSPS) is 11.9. The zero-order chi connectivity index (χ0) is 21.3. The van der Waals surface area contributed by atoms with E-state index in [2.05, 4.69) is 0 Å². The predicted octanol–water partition coefficient (Wildman–Crippen LogP) is 2.61. The molecule has 0 aliphatic heterocycles. The molecule has 1 aromatic heterocycles. The molecule has 0 amide bonds. The first kappa shape index (κ1) is 20.3. The lowest BCUT2D eigenvalue weighted by Gasteiger charge is -2.18. The first-order chi connectivity index (χ1) is 13.8. The van der Waals surface area contributed by atoms with Crippen LogP contribution in [0.4, 0.5) is 0 Å². The van der Waals surface area contributed by atoms with Crippen molar-refractivity contribution in [2.75, 3.05) is 14.2 Å². The lowest BCUT2D eigenvalue weighted by atomic mass is 10.0. The molecule has 0 N–H and O–H groups in total. The standard InChI is InChI=1S/C22H22O7/c1-11-8-15-17(9-12(11)2)29-20(21(19(15)23)28-13(3)22(24)25)14-6-7-16(26-4)18(10-14)27-5/h6-10,13H,1-5H3,(H,24,25)/p-1/t13-/m1/s1. The van der Waals surface area contributed by atoms with Gasteiger partial charge in [-0.3, -0.25) is 4.79 Å². The molecule has 0 saturated carbocycles. The van der Waals surface area contributed by atoms with Gasteiger partial charge in [0.2, 0.25) is 11.2 Å². The molecule has 0 aliphatic carbocycles. The molecular weight excluding hydrogens is 376 g/mol. The number of hydrogen-bond acceptors (Lipinski definition) is 7. The number of carbonyl (C=O) groups is 1. The van der Waals surface area contributed by atoms with Crippen molar-refractivity contribution < 1.29 is 28.5 Å². The second kappa shape index (κ2) is 7.87. The first-order valence-electron chi connectivity index (χ1n) is 8.94. The van der Waals surface area contributed by atoms with Crippen molar-refractivity contribution in [2.24, 2.45) is 0 Å². The number of carboxylic acid groups (broad SMARTS) is 1. The summed E-state index contributed by atoms with van der Waals surface area (Å²) in [7, 11) is 2.99. The van der Waals surface area contributed by atoms with Gasteiger partial charge in [-0.25, -0.2) is 0 Å². The first-order valence-corrected chi connectivity index (χ1v) is 8.94. The van der Waals surface area contributed by atoms with E-state index < -0.39 is 17.5 Å². The van der Waals surface area contributed by atoms with E-state index in [1.54, 1.807) is 30.3 Å². The molecule has 0 fully saturated rings. The van der Waals surface area contributed by atoms with Crippen molar-refractivity contribution in [3.63, 3.8) is 0 Å². The van der Waals surface area contributed by atoms with Gasteiger partial charge in [-0.05, 0) is 62.2 Å². The summed E-state index contributed by atoms with van der Waals surface area (Å²) in [5, 5.41) is 11.5. The molecule has 0 aliphatic rings. The lowest BCUT2D eigenvalue weighted by Crippen LogP contribution is -2.38. The van der Waals surface area contributed by atoms with Crippen molar-refractivity contribution in [2.45, 2.75) is 26.9 Å². The van der Waals surface area contributed by atoms with E-state index in [-0.39, 0.29) is 11.5 Å². The Bertz CT molecular complexity index is 1140. The topological polar surface area (TPSA) is 98.0 Å². The summed E-state index contributed by atoms with van der Waals surface area (Å²) in [5.74, 6) is -0.629. The number of carboxylic acids is 1. The van der Waals surface area contributed by atoms with E-state index in [1.165, 1.54) is 21.1 Å². The molecule has 0 bridgehead atoms. The average Bonchev–Trinajstić information content (AvgIpc) is 2.70. The van der Waals surface area contributed by atoms with Gasteiger partial charge in [-0.15, -0.1) is 0 Å². The Hall–Kier alpha value is -3.48. The molecule has 0 saturated heterocycles. The van der Waals surface area contributed by atoms with Gasteiger partial charge in [0.1, 0.15) is 11.7 Å². The highest BCUT2D eigenvalue weighted by molar-refractivity contribution is 5.84. The van der Waals surface area contributed by atoms with Crippen LogP contribution < -0.4 is 24.7 Å². The number of aliphatic carboxylic acids is 1. The summed E-state index contributed by atoms with van der Waals surface area (Å²) in [6.07, 6.45) is -1.35. The quantitative estimate of drug-likeness (QED) is 0.630. The molecule has 3 aromatic rings. The zero-order valence-corrected chi connectivity index (χ0v) is 16.8. The van der Waals surface area contributed by atoms with E-state index in [1.807, 2.05) is 13.8 Å². The molecule has 7 nitrogen and oxygen atoms in total. The Morgan fingerprint density at radius 3 is 2.31 bits per heavy atom. The maximum absolute atomic E-state index is 13.2. The van der Waals surface area contributed by atoms with Gasteiger partial charge in [0.05, 0.1) is 25.6 Å². The number of rotatable bonds is 6. The summed E-state index contributed by atoms with van der Waals surface area (Å²) < 4.78 is 22.0. The number of benzene rings is 2. The molecule has 0 radical (unpaired) electrons. The predicted molar refractivity (Wildman–Crippen MR) is 106 cm³/mol. The Morgan fingerprint density at radius 2 is 1.69 bits per heavy atom. The number of hydrogen-bond donors (Lipinski definition) is 0. The summed E-state index contributed by atoms with van der Waals surface area (Å²) in [5.41, 5.74) is 2.24. The number of methoxy groups -OCH3 is 2. The third-order valence-electron chi connectivity index (χ3n) is 4.74. The molecule has 0 spiro atoms. The van der Waals surface area contributed by atoms with Crippen molar-refractivity contribution >= 4 is 16.9 Å². The van der Waals surface area contributed by atoms with Gasteiger partial charge >= 0.3 is 0 Å². The molecular formula is C22H21O7-. The number of carbonyl (C=O) groups excluding carboxylic acids is 1. The van der Waals surface area contributed by atoms with Crippen LogP contribution >= 0.6 is 0 Å². The minimum atomic E-state index is -1.44. The molecule has 152 valence electrons. The molecule has 7 heteroatoms. The fourth-order valence-corrected chi connectivity index (χ4v) is 2.93. The largest absolute Gasteiger partial charge is 0.546 e. The summed E-state index contributed by atoms with van der Waals surface area (Å²) in [6, 6.07) is 8.42. The molecule has 0 unspecified atom stereocenters. The van der Waals surface area contributed by atoms with Crippen LogP contribution in [-0.4, -0.2) is 26.3 Å². The Morgan fingerprint density at radius 1 is 1.03 bits per heavy atom. The number of fused-ring (bicyclic) bond motifs is 1. The molecule has 1 atom stereocenters. The van der Waals surface area contributed by atoms with Crippen molar-refractivity contribution in [3.8, 4) is 28.6 Å². The van der Waals surface area contributed by atoms with Crippen LogP contribution in [0.15, 0.2) is 39.5 Å². The van der Waals surface area contributed by atoms with Gasteiger partial charge in [0, 0.05) is 5.56 Å². The van der Waals surface area contributed by atoms with Crippen LogP contribution in [-0.2, 0) is 4.79 Å². The van der Waals surface area contributed by atoms with Crippen LogP contribution in [0, 0.1) is 13.8 Å². The third-order valence-corrected chi connectivity index (χ3v) is 4.74. The maximum atomic E-state index is 13.2. The van der Waals surface area contributed by atoms with Crippen LogP contribution in [0.1, 0.15) is 18.1 Å². The zero-order valence-electron chi connectivity index (χ0n) is 16.8. The smallest absolute Gasteiger partial charge is 0.235 e. The van der Waals surface area contributed by atoms with Crippen molar-refractivity contribution in [1.82, 2.24) is 0 Å². The highest BCUT2D eigenvalue weighted by atomic mass is 16.5. The van der Waals surface area contributed by atoms with Crippen LogP contribution in [0.25, 0.3) is 22.3 Å². The Balaban J connectivity index is 2.32. The fraction of sp³-hybridized carbons (Fsp3) is 0.273. The van der Waals surface area contributed by atoms with Crippen molar-refractivity contribution in [3.05, 3.63) is 51.7 Å². The van der Waals surface area contributed by atoms with E-state index in [4.69, 9.17) is 18.6 Å². The highest BCUT2D eigenvalue weighted by Gasteiger charge is 2.22. The maximum Gasteiger partial charge on any atom is 0.235 e. The molecule has 3 rings (SSSR count). The average molecular weight is 397 g/mol. The number of aryl methyl sites for hydroxylation is 2. The lowest BCUT2D eigenvalue weighted by molar-refractivity contribution is -0.312. The second-order valence-electron chi connectivity index (χ2n) is 6.67. The molecule has 29 heavy (non-hydrogen) atoms. The Labute approximate surface area is 167 Å².